The second-order valence-electron chi connectivity index (χ2n) is 5.55. The van der Waals surface area contributed by atoms with Crippen molar-refractivity contribution >= 4 is 11.6 Å². The van der Waals surface area contributed by atoms with Crippen LogP contribution in [0, 0.1) is 12.3 Å². The van der Waals surface area contributed by atoms with Crippen molar-refractivity contribution in [1.82, 2.24) is 5.32 Å². The molecule has 1 N–H and O–H groups in total. The zero-order valence-corrected chi connectivity index (χ0v) is 11.8. The normalized spacial score (nSPS) is 19.1. The molecule has 1 atom stereocenters. The highest BCUT2D eigenvalue weighted by molar-refractivity contribution is 6.31. The molecule has 1 unspecified atom stereocenters. The summed E-state index contributed by atoms with van der Waals surface area (Å²) >= 11 is 6.23. The van der Waals surface area contributed by atoms with Gasteiger partial charge in [0.05, 0.1) is 0 Å². The highest BCUT2D eigenvalue weighted by Crippen LogP contribution is 2.54. The summed E-state index contributed by atoms with van der Waals surface area (Å²) < 4.78 is 0. The number of hydrogen-bond donors (Lipinski definition) is 1. The van der Waals surface area contributed by atoms with Crippen molar-refractivity contribution in [2.24, 2.45) is 5.41 Å². The molecule has 0 aromatic heterocycles. The zero-order valence-electron chi connectivity index (χ0n) is 11.0. The molecule has 0 amide bonds. The van der Waals surface area contributed by atoms with Crippen molar-refractivity contribution in [1.29, 1.82) is 0 Å². The highest BCUT2D eigenvalue weighted by Gasteiger charge is 2.45. The molecule has 0 heterocycles. The molecule has 1 aromatic rings. The average Bonchev–Trinajstić information content (AvgIpc) is 3.03. The van der Waals surface area contributed by atoms with Gasteiger partial charge in [0.25, 0.3) is 0 Å². The summed E-state index contributed by atoms with van der Waals surface area (Å²) in [6.45, 7) is 7.71. The third kappa shape index (κ3) is 2.83. The van der Waals surface area contributed by atoms with Crippen LogP contribution in [0.4, 0.5) is 0 Å². The Morgan fingerprint density at radius 3 is 2.65 bits per heavy atom. The van der Waals surface area contributed by atoms with Gasteiger partial charge in [-0.3, -0.25) is 0 Å². The van der Waals surface area contributed by atoms with Crippen molar-refractivity contribution in [3.63, 3.8) is 0 Å². The van der Waals surface area contributed by atoms with Crippen molar-refractivity contribution in [3.8, 4) is 0 Å². The Hall–Kier alpha value is -0.530. The topological polar surface area (TPSA) is 12.0 Å². The Kier molecular flexibility index (Phi) is 3.79. The fourth-order valence-corrected chi connectivity index (χ4v) is 2.52. The summed E-state index contributed by atoms with van der Waals surface area (Å²) in [7, 11) is 0. The van der Waals surface area contributed by atoms with Crippen LogP contribution in [0.3, 0.4) is 0 Å². The number of benzene rings is 1. The number of hydrogen-bond acceptors (Lipinski definition) is 1. The van der Waals surface area contributed by atoms with Gasteiger partial charge in [-0.15, -0.1) is 0 Å². The average molecular weight is 252 g/mol. The van der Waals surface area contributed by atoms with Crippen LogP contribution in [0.15, 0.2) is 18.2 Å². The molecule has 1 aliphatic rings. The van der Waals surface area contributed by atoms with Crippen molar-refractivity contribution < 1.29 is 0 Å². The zero-order chi connectivity index (χ0) is 12.5. The van der Waals surface area contributed by atoms with Crippen LogP contribution >= 0.6 is 11.6 Å². The molecule has 1 aromatic carbocycles. The third-order valence-electron chi connectivity index (χ3n) is 3.86. The maximum absolute atomic E-state index is 6.23. The van der Waals surface area contributed by atoms with Gasteiger partial charge in [0.2, 0.25) is 0 Å². The molecular formula is C15H22ClN. The maximum atomic E-state index is 6.23. The SMILES string of the molecule is CCCNC(c1ccc(C)c(Cl)c1)C1(C)CC1. The minimum atomic E-state index is 0.438. The molecule has 0 bridgehead atoms. The second kappa shape index (κ2) is 4.99. The van der Waals surface area contributed by atoms with Gasteiger partial charge >= 0.3 is 0 Å². The van der Waals surface area contributed by atoms with E-state index in [0.717, 1.165) is 17.1 Å². The van der Waals surface area contributed by atoms with E-state index in [1.165, 1.54) is 24.8 Å². The smallest absolute Gasteiger partial charge is 0.0438 e. The molecule has 2 rings (SSSR count). The Labute approximate surface area is 110 Å². The Balaban J connectivity index is 2.22. The van der Waals surface area contributed by atoms with Gasteiger partial charge in [0.15, 0.2) is 0 Å². The third-order valence-corrected chi connectivity index (χ3v) is 4.27. The lowest BCUT2D eigenvalue weighted by molar-refractivity contribution is 0.366. The molecule has 0 saturated heterocycles. The van der Waals surface area contributed by atoms with Crippen LogP contribution in [0.1, 0.15) is 50.3 Å². The molecule has 2 heteroatoms. The summed E-state index contributed by atoms with van der Waals surface area (Å²) in [4.78, 5) is 0. The van der Waals surface area contributed by atoms with Crippen molar-refractivity contribution in [2.45, 2.75) is 46.1 Å². The van der Waals surface area contributed by atoms with E-state index < -0.39 is 0 Å². The van der Waals surface area contributed by atoms with Gasteiger partial charge < -0.3 is 5.32 Å². The lowest BCUT2D eigenvalue weighted by atomic mass is 9.91. The first-order valence-corrected chi connectivity index (χ1v) is 6.94. The standard InChI is InChI=1S/C15H22ClN/c1-4-9-17-14(15(3)7-8-15)12-6-5-11(2)13(16)10-12/h5-6,10,14,17H,4,7-9H2,1-3H3. The van der Waals surface area contributed by atoms with Crippen LogP contribution < -0.4 is 5.32 Å². The largest absolute Gasteiger partial charge is 0.309 e. The van der Waals surface area contributed by atoms with Gasteiger partial charge in [-0.2, -0.15) is 0 Å². The van der Waals surface area contributed by atoms with E-state index in [1.54, 1.807) is 0 Å². The van der Waals surface area contributed by atoms with Gasteiger partial charge in [0, 0.05) is 11.1 Å². The fraction of sp³-hybridized carbons (Fsp3) is 0.600. The molecule has 1 aliphatic carbocycles. The second-order valence-corrected chi connectivity index (χ2v) is 5.96. The van der Waals surface area contributed by atoms with E-state index in [9.17, 15) is 0 Å². The lowest BCUT2D eigenvalue weighted by Gasteiger charge is -2.26. The molecule has 1 fully saturated rings. The van der Waals surface area contributed by atoms with Gasteiger partial charge in [0.1, 0.15) is 0 Å². The Morgan fingerprint density at radius 1 is 1.41 bits per heavy atom. The first-order chi connectivity index (χ1) is 8.07. The van der Waals surface area contributed by atoms with Crippen LogP contribution in [-0.4, -0.2) is 6.54 Å². The van der Waals surface area contributed by atoms with E-state index in [0.29, 0.717) is 11.5 Å². The summed E-state index contributed by atoms with van der Waals surface area (Å²) in [5, 5.41) is 4.56. The maximum Gasteiger partial charge on any atom is 0.0438 e. The van der Waals surface area contributed by atoms with Crippen molar-refractivity contribution in [2.75, 3.05) is 6.54 Å². The van der Waals surface area contributed by atoms with E-state index in [2.05, 4.69) is 44.3 Å². The minimum Gasteiger partial charge on any atom is -0.309 e. The van der Waals surface area contributed by atoms with Crippen LogP contribution in [0.5, 0.6) is 0 Å². The van der Waals surface area contributed by atoms with Crippen LogP contribution in [-0.2, 0) is 0 Å². The Bertz CT molecular complexity index is 396. The number of nitrogens with one attached hydrogen (secondary N) is 1. The van der Waals surface area contributed by atoms with Gasteiger partial charge in [-0.05, 0) is 55.3 Å². The molecule has 17 heavy (non-hydrogen) atoms. The van der Waals surface area contributed by atoms with E-state index in [4.69, 9.17) is 11.6 Å². The summed E-state index contributed by atoms with van der Waals surface area (Å²) in [5.74, 6) is 0. The highest BCUT2D eigenvalue weighted by atomic mass is 35.5. The fourth-order valence-electron chi connectivity index (χ4n) is 2.33. The number of aryl methyl sites for hydroxylation is 1. The quantitative estimate of drug-likeness (QED) is 0.813. The lowest BCUT2D eigenvalue weighted by Crippen LogP contribution is -2.28. The van der Waals surface area contributed by atoms with E-state index in [1.807, 2.05) is 0 Å². The summed E-state index contributed by atoms with van der Waals surface area (Å²) in [6.07, 6.45) is 3.81. The van der Waals surface area contributed by atoms with E-state index in [-0.39, 0.29) is 0 Å². The molecule has 0 radical (unpaired) electrons. The molecule has 1 nitrogen and oxygen atoms in total. The van der Waals surface area contributed by atoms with E-state index >= 15 is 0 Å². The predicted octanol–water partition coefficient (Wildman–Crippen LogP) is 4.49. The first kappa shape index (κ1) is 12.9. The van der Waals surface area contributed by atoms with Crippen LogP contribution in [0.25, 0.3) is 0 Å². The summed E-state index contributed by atoms with van der Waals surface area (Å²) in [5.41, 5.74) is 2.94. The minimum absolute atomic E-state index is 0.438. The molecular weight excluding hydrogens is 230 g/mol. The van der Waals surface area contributed by atoms with Crippen molar-refractivity contribution in [3.05, 3.63) is 34.3 Å². The molecule has 1 saturated carbocycles. The predicted molar refractivity (Wildman–Crippen MR) is 74.6 cm³/mol. The number of rotatable bonds is 5. The number of halogens is 1. The molecule has 94 valence electrons. The van der Waals surface area contributed by atoms with Gasteiger partial charge in [-0.25, -0.2) is 0 Å². The van der Waals surface area contributed by atoms with Gasteiger partial charge in [-0.1, -0.05) is 37.6 Å². The van der Waals surface area contributed by atoms with Crippen LogP contribution in [0.2, 0.25) is 5.02 Å². The molecule has 0 aliphatic heterocycles. The first-order valence-electron chi connectivity index (χ1n) is 6.56. The molecule has 0 spiro atoms. The Morgan fingerprint density at radius 2 is 2.12 bits per heavy atom. The monoisotopic (exact) mass is 251 g/mol. The summed E-state index contributed by atoms with van der Waals surface area (Å²) in [6, 6.07) is 6.94.